The van der Waals surface area contributed by atoms with Crippen LogP contribution in [0.25, 0.3) is 0 Å². The molecule has 1 saturated heterocycles. The molecule has 3 heterocycles. The third kappa shape index (κ3) is 3.70. The second-order valence-corrected chi connectivity index (χ2v) is 10.4. The first-order valence-electron chi connectivity index (χ1n) is 10.4. The summed E-state index contributed by atoms with van der Waals surface area (Å²) in [5.74, 6) is 1.03. The van der Waals surface area contributed by atoms with E-state index in [1.54, 1.807) is 36.5 Å². The zero-order valence-corrected chi connectivity index (χ0v) is 17.6. The summed E-state index contributed by atoms with van der Waals surface area (Å²) in [5.41, 5.74) is -0.0801. The standard InChI is InChI=1S/C22H25N3O4S/c26-21(13-17-8-9-17)24-12-10-22(15-24)16-25(14-18-5-3-4-11-23-18)30(27,28)20-7-2-1-6-19(20)29-22/h1-7,11,17H,8-10,12-16H2/t22-/m0/s1. The molecule has 0 unspecified atom stereocenters. The quantitative estimate of drug-likeness (QED) is 0.749. The molecule has 1 aromatic heterocycles. The van der Waals surface area contributed by atoms with Crippen LogP contribution in [-0.4, -0.2) is 53.7 Å². The molecule has 1 aromatic carbocycles. The van der Waals surface area contributed by atoms with Crippen molar-refractivity contribution >= 4 is 15.9 Å². The molecule has 1 aliphatic carbocycles. The molecule has 7 nitrogen and oxygen atoms in total. The molecule has 0 N–H and O–H groups in total. The number of aromatic nitrogens is 1. The Morgan fingerprint density at radius 1 is 1.13 bits per heavy atom. The Hall–Kier alpha value is -2.45. The number of carbonyl (C=O) groups is 1. The number of benzene rings is 1. The van der Waals surface area contributed by atoms with Gasteiger partial charge in [-0.25, -0.2) is 8.42 Å². The smallest absolute Gasteiger partial charge is 0.247 e. The predicted octanol–water partition coefficient (Wildman–Crippen LogP) is 2.44. The van der Waals surface area contributed by atoms with Crippen molar-refractivity contribution in [2.75, 3.05) is 19.6 Å². The number of rotatable bonds is 4. The first-order valence-corrected chi connectivity index (χ1v) is 11.9. The fraction of sp³-hybridized carbons (Fsp3) is 0.455. The van der Waals surface area contributed by atoms with Crippen LogP contribution in [0.1, 0.15) is 31.4 Å². The molecule has 5 rings (SSSR count). The molecule has 8 heteroatoms. The first-order chi connectivity index (χ1) is 14.5. The molecule has 2 aliphatic heterocycles. The van der Waals surface area contributed by atoms with Crippen LogP contribution in [0, 0.1) is 5.92 Å². The van der Waals surface area contributed by atoms with Gasteiger partial charge in [-0.15, -0.1) is 0 Å². The summed E-state index contributed by atoms with van der Waals surface area (Å²) in [6, 6.07) is 12.2. The summed E-state index contributed by atoms with van der Waals surface area (Å²) in [7, 11) is -3.76. The normalized spacial score (nSPS) is 25.5. The zero-order valence-electron chi connectivity index (χ0n) is 16.7. The summed E-state index contributed by atoms with van der Waals surface area (Å²) >= 11 is 0. The lowest BCUT2D eigenvalue weighted by molar-refractivity contribution is -0.131. The minimum absolute atomic E-state index is 0.148. The SMILES string of the molecule is O=C(CC1CC1)N1CC[C@]2(C1)CN(Cc1ccccn1)S(=O)(=O)c1ccccc1O2. The largest absolute Gasteiger partial charge is 0.483 e. The topological polar surface area (TPSA) is 79.8 Å². The molecule has 2 fully saturated rings. The van der Waals surface area contributed by atoms with Crippen molar-refractivity contribution in [1.82, 2.24) is 14.2 Å². The minimum Gasteiger partial charge on any atom is -0.483 e. The second-order valence-electron chi connectivity index (χ2n) is 8.54. The Kier molecular flexibility index (Phi) is 4.78. The molecule has 1 spiro atoms. The summed E-state index contributed by atoms with van der Waals surface area (Å²) in [5, 5.41) is 0. The number of amides is 1. The van der Waals surface area contributed by atoms with Gasteiger partial charge >= 0.3 is 0 Å². The van der Waals surface area contributed by atoms with E-state index in [4.69, 9.17) is 4.74 Å². The van der Waals surface area contributed by atoms with Crippen LogP contribution in [0.2, 0.25) is 0 Å². The monoisotopic (exact) mass is 427 g/mol. The molecule has 0 radical (unpaired) electrons. The Bertz CT molecular complexity index is 1060. The van der Waals surface area contributed by atoms with E-state index in [0.29, 0.717) is 43.3 Å². The zero-order chi connectivity index (χ0) is 20.8. The summed E-state index contributed by atoms with van der Waals surface area (Å²) in [6.45, 7) is 1.35. The molecule has 158 valence electrons. The van der Waals surface area contributed by atoms with E-state index in [2.05, 4.69) is 4.98 Å². The molecule has 1 atom stereocenters. The van der Waals surface area contributed by atoms with Crippen LogP contribution in [0.15, 0.2) is 53.6 Å². The number of nitrogens with zero attached hydrogens (tertiary/aromatic N) is 3. The Morgan fingerprint density at radius 3 is 2.70 bits per heavy atom. The molecule has 30 heavy (non-hydrogen) atoms. The van der Waals surface area contributed by atoms with E-state index in [-0.39, 0.29) is 23.9 Å². The summed E-state index contributed by atoms with van der Waals surface area (Å²) < 4.78 is 34.8. The molecular formula is C22H25N3O4S. The van der Waals surface area contributed by atoms with Crippen molar-refractivity contribution in [2.45, 2.75) is 42.7 Å². The third-order valence-electron chi connectivity index (χ3n) is 6.15. The Morgan fingerprint density at radius 2 is 1.93 bits per heavy atom. The van der Waals surface area contributed by atoms with Crippen LogP contribution in [-0.2, 0) is 21.4 Å². The maximum Gasteiger partial charge on any atom is 0.247 e. The number of likely N-dealkylation sites (tertiary alicyclic amines) is 1. The van der Waals surface area contributed by atoms with E-state index < -0.39 is 15.6 Å². The second kappa shape index (κ2) is 7.35. The predicted molar refractivity (Wildman–Crippen MR) is 110 cm³/mol. The van der Waals surface area contributed by atoms with Crippen LogP contribution < -0.4 is 4.74 Å². The number of hydrogen-bond acceptors (Lipinski definition) is 5. The lowest BCUT2D eigenvalue weighted by Gasteiger charge is -2.31. The van der Waals surface area contributed by atoms with Crippen molar-refractivity contribution in [3.63, 3.8) is 0 Å². The van der Waals surface area contributed by atoms with Gasteiger partial charge in [0.25, 0.3) is 0 Å². The minimum atomic E-state index is -3.76. The Balaban J connectivity index is 1.48. The average Bonchev–Trinajstić information content (AvgIpc) is 3.47. The van der Waals surface area contributed by atoms with Gasteiger partial charge in [-0.3, -0.25) is 9.78 Å². The Labute approximate surface area is 176 Å². The van der Waals surface area contributed by atoms with Crippen molar-refractivity contribution in [3.05, 3.63) is 54.4 Å². The number of pyridine rings is 1. The fourth-order valence-corrected chi connectivity index (χ4v) is 5.94. The van der Waals surface area contributed by atoms with Gasteiger partial charge in [0.15, 0.2) is 0 Å². The number of carbonyl (C=O) groups excluding carboxylic acids is 1. The van der Waals surface area contributed by atoms with E-state index >= 15 is 0 Å². The molecular weight excluding hydrogens is 402 g/mol. The van der Waals surface area contributed by atoms with Gasteiger partial charge in [0.05, 0.1) is 25.3 Å². The van der Waals surface area contributed by atoms with Gasteiger partial charge in [-0.1, -0.05) is 18.2 Å². The van der Waals surface area contributed by atoms with E-state index in [1.165, 1.54) is 4.31 Å². The fourth-order valence-electron chi connectivity index (χ4n) is 4.34. The molecule has 1 amide bonds. The summed E-state index contributed by atoms with van der Waals surface area (Å²) in [4.78, 5) is 19.0. The highest BCUT2D eigenvalue weighted by atomic mass is 32.2. The van der Waals surface area contributed by atoms with Crippen molar-refractivity contribution in [2.24, 2.45) is 5.92 Å². The van der Waals surface area contributed by atoms with Crippen molar-refractivity contribution in [3.8, 4) is 5.75 Å². The van der Waals surface area contributed by atoms with E-state index in [9.17, 15) is 13.2 Å². The molecule has 0 bridgehead atoms. The van der Waals surface area contributed by atoms with Gasteiger partial charge < -0.3 is 9.64 Å². The first kappa shape index (κ1) is 19.5. The van der Waals surface area contributed by atoms with E-state index in [0.717, 1.165) is 12.8 Å². The van der Waals surface area contributed by atoms with Gasteiger partial charge in [0.1, 0.15) is 16.2 Å². The number of para-hydroxylation sites is 1. The van der Waals surface area contributed by atoms with Gasteiger partial charge in [-0.2, -0.15) is 4.31 Å². The highest BCUT2D eigenvalue weighted by Gasteiger charge is 2.49. The number of sulfonamides is 1. The van der Waals surface area contributed by atoms with Gasteiger partial charge in [0.2, 0.25) is 15.9 Å². The number of hydrogen-bond donors (Lipinski definition) is 0. The van der Waals surface area contributed by atoms with E-state index in [1.807, 2.05) is 17.0 Å². The molecule has 3 aliphatic rings. The molecule has 2 aromatic rings. The average molecular weight is 428 g/mol. The number of fused-ring (bicyclic) bond motifs is 1. The highest BCUT2D eigenvalue weighted by Crippen LogP contribution is 2.40. The third-order valence-corrected chi connectivity index (χ3v) is 7.98. The number of ether oxygens (including phenoxy) is 1. The lowest BCUT2D eigenvalue weighted by Crippen LogP contribution is -2.49. The molecule has 1 saturated carbocycles. The maximum absolute atomic E-state index is 13.5. The van der Waals surface area contributed by atoms with Gasteiger partial charge in [-0.05, 0) is 43.0 Å². The van der Waals surface area contributed by atoms with Crippen LogP contribution in [0.5, 0.6) is 5.75 Å². The maximum atomic E-state index is 13.5. The van der Waals surface area contributed by atoms with Crippen molar-refractivity contribution < 1.29 is 17.9 Å². The van der Waals surface area contributed by atoms with Crippen LogP contribution in [0.4, 0.5) is 0 Å². The lowest BCUT2D eigenvalue weighted by atomic mass is 10.0. The highest BCUT2D eigenvalue weighted by molar-refractivity contribution is 7.89. The van der Waals surface area contributed by atoms with Crippen molar-refractivity contribution in [1.29, 1.82) is 0 Å². The van der Waals surface area contributed by atoms with Crippen LogP contribution in [0.3, 0.4) is 0 Å². The van der Waals surface area contributed by atoms with Crippen LogP contribution >= 0.6 is 0 Å². The summed E-state index contributed by atoms with van der Waals surface area (Å²) in [6.07, 6.45) is 5.11. The van der Waals surface area contributed by atoms with Gasteiger partial charge in [0, 0.05) is 25.6 Å².